The molecule has 0 aliphatic carbocycles. The fourth-order valence-corrected chi connectivity index (χ4v) is 5.55. The molecule has 10 nitrogen and oxygen atoms in total. The summed E-state index contributed by atoms with van der Waals surface area (Å²) in [6.07, 6.45) is 8.47. The highest BCUT2D eigenvalue weighted by molar-refractivity contribution is 6.32. The number of aromatic nitrogens is 3. The van der Waals surface area contributed by atoms with Crippen LogP contribution in [0, 0.1) is 5.92 Å². The molecule has 0 radical (unpaired) electrons. The minimum Gasteiger partial charge on any atom is -0.399 e. The lowest BCUT2D eigenvalue weighted by Gasteiger charge is -2.32. The number of anilines is 6. The summed E-state index contributed by atoms with van der Waals surface area (Å²) in [4.78, 5) is 41.1. The van der Waals surface area contributed by atoms with Gasteiger partial charge in [-0.05, 0) is 85.2 Å². The van der Waals surface area contributed by atoms with Gasteiger partial charge in [0.2, 0.25) is 11.9 Å². The van der Waals surface area contributed by atoms with Crippen LogP contribution in [0.15, 0.2) is 67.1 Å². The Hall–Kier alpha value is -4.70. The molecule has 0 spiro atoms. The third-order valence-corrected chi connectivity index (χ3v) is 7.91. The van der Waals surface area contributed by atoms with Gasteiger partial charge in [-0.3, -0.25) is 14.6 Å². The molecular formula is C31H31ClN8O2. The number of pyridine rings is 1. The smallest absolute Gasteiger partial charge is 0.253 e. The van der Waals surface area contributed by atoms with Crippen molar-refractivity contribution in [3.63, 3.8) is 0 Å². The molecule has 0 unspecified atom stereocenters. The highest BCUT2D eigenvalue weighted by Crippen LogP contribution is 2.30. The Balaban J connectivity index is 1.13. The molecular weight excluding hydrogens is 552 g/mol. The lowest BCUT2D eigenvalue weighted by atomic mass is 9.92. The molecule has 2 aromatic carbocycles. The van der Waals surface area contributed by atoms with Crippen LogP contribution >= 0.6 is 11.6 Å². The maximum atomic E-state index is 13.2. The Kier molecular flexibility index (Phi) is 7.87. The number of likely N-dealkylation sites (tertiary alicyclic amines) is 1. The number of piperidine rings is 1. The van der Waals surface area contributed by atoms with E-state index in [1.54, 1.807) is 36.7 Å². The average Bonchev–Trinajstić information content (AvgIpc) is 2.99. The third kappa shape index (κ3) is 6.44. The number of nitrogens with zero attached hydrogens (tertiary/aromatic N) is 4. The minimum absolute atomic E-state index is 0.0186. The van der Waals surface area contributed by atoms with Crippen LogP contribution in [0.25, 0.3) is 0 Å². The summed E-state index contributed by atoms with van der Waals surface area (Å²) < 4.78 is 0. The molecule has 5 N–H and O–H groups in total. The molecule has 2 aliphatic rings. The second kappa shape index (κ2) is 12.0. The van der Waals surface area contributed by atoms with Crippen molar-refractivity contribution in [3.8, 4) is 0 Å². The molecule has 1 fully saturated rings. The summed E-state index contributed by atoms with van der Waals surface area (Å²) in [6, 6.07) is 14.9. The molecule has 214 valence electrons. The fraction of sp³-hybridized carbons (Fsp3) is 0.258. The Labute approximate surface area is 248 Å². The number of hydrogen-bond donors (Lipinski definition) is 4. The number of hydrogen-bond acceptors (Lipinski definition) is 8. The lowest BCUT2D eigenvalue weighted by Crippen LogP contribution is -2.39. The SMILES string of the molecule is Nc1cccc(C(=O)N2CCC(CC(=O)Nc3ccc4cc3CCc3cncc(c3)Nc3ncc(Cl)c(n3)N4)CC2)c1. The Morgan fingerprint density at radius 2 is 1.86 bits per heavy atom. The van der Waals surface area contributed by atoms with E-state index in [0.717, 1.165) is 47.5 Å². The number of carbonyl (C=O) groups excluding carboxylic acids is 2. The number of halogens is 1. The number of carbonyl (C=O) groups is 2. The summed E-state index contributed by atoms with van der Waals surface area (Å²) in [6.45, 7) is 1.24. The highest BCUT2D eigenvalue weighted by Gasteiger charge is 2.25. The van der Waals surface area contributed by atoms with Crippen LogP contribution in [0.4, 0.5) is 34.5 Å². The summed E-state index contributed by atoms with van der Waals surface area (Å²) >= 11 is 6.38. The first-order chi connectivity index (χ1) is 20.4. The van der Waals surface area contributed by atoms with E-state index in [0.29, 0.717) is 54.0 Å². The molecule has 2 aromatic heterocycles. The second-order valence-electron chi connectivity index (χ2n) is 10.7. The number of amides is 2. The van der Waals surface area contributed by atoms with Gasteiger partial charge in [-0.1, -0.05) is 17.7 Å². The Bertz CT molecular complexity index is 1640. The van der Waals surface area contributed by atoms with E-state index in [9.17, 15) is 9.59 Å². The van der Waals surface area contributed by atoms with E-state index < -0.39 is 0 Å². The van der Waals surface area contributed by atoms with Gasteiger partial charge in [-0.15, -0.1) is 0 Å². The fourth-order valence-electron chi connectivity index (χ4n) is 5.41. The predicted octanol–water partition coefficient (Wildman–Crippen LogP) is 5.57. The zero-order valence-electron chi connectivity index (χ0n) is 22.9. The lowest BCUT2D eigenvalue weighted by molar-refractivity contribution is -0.117. The molecule has 0 saturated carbocycles. The summed E-state index contributed by atoms with van der Waals surface area (Å²) in [5.74, 6) is 1.03. The van der Waals surface area contributed by atoms with Crippen molar-refractivity contribution in [2.75, 3.05) is 34.8 Å². The van der Waals surface area contributed by atoms with Crippen molar-refractivity contribution in [3.05, 3.63) is 88.8 Å². The molecule has 6 rings (SSSR count). The molecule has 6 bridgehead atoms. The van der Waals surface area contributed by atoms with Crippen LogP contribution in [0.3, 0.4) is 0 Å². The average molecular weight is 583 g/mol. The third-order valence-electron chi connectivity index (χ3n) is 7.63. The van der Waals surface area contributed by atoms with Crippen molar-refractivity contribution in [1.82, 2.24) is 19.9 Å². The normalized spacial score (nSPS) is 14.8. The monoisotopic (exact) mass is 582 g/mol. The van der Waals surface area contributed by atoms with Crippen LogP contribution < -0.4 is 21.7 Å². The van der Waals surface area contributed by atoms with E-state index in [2.05, 4.69) is 30.9 Å². The molecule has 4 aromatic rings. The van der Waals surface area contributed by atoms with Crippen LogP contribution in [0.1, 0.15) is 40.7 Å². The van der Waals surface area contributed by atoms with Gasteiger partial charge in [-0.25, -0.2) is 4.98 Å². The predicted molar refractivity (Wildman–Crippen MR) is 164 cm³/mol. The van der Waals surface area contributed by atoms with Crippen molar-refractivity contribution >= 4 is 57.9 Å². The highest BCUT2D eigenvalue weighted by atomic mass is 35.5. The van der Waals surface area contributed by atoms with Crippen LogP contribution in [0.5, 0.6) is 0 Å². The van der Waals surface area contributed by atoms with Gasteiger partial charge in [0.05, 0.1) is 18.1 Å². The van der Waals surface area contributed by atoms with E-state index >= 15 is 0 Å². The van der Waals surface area contributed by atoms with Gasteiger partial charge in [0.15, 0.2) is 5.82 Å². The number of fused-ring (bicyclic) bond motifs is 6. The van der Waals surface area contributed by atoms with Gasteiger partial charge in [0.25, 0.3) is 5.91 Å². The van der Waals surface area contributed by atoms with E-state index in [1.165, 1.54) is 0 Å². The minimum atomic E-state index is -0.0353. The quantitative estimate of drug-likeness (QED) is 0.229. The Morgan fingerprint density at radius 3 is 2.69 bits per heavy atom. The first kappa shape index (κ1) is 27.5. The molecule has 42 heavy (non-hydrogen) atoms. The van der Waals surface area contributed by atoms with Gasteiger partial charge in [0.1, 0.15) is 5.02 Å². The molecule has 2 aliphatic heterocycles. The van der Waals surface area contributed by atoms with Gasteiger partial charge < -0.3 is 26.6 Å². The van der Waals surface area contributed by atoms with E-state index in [4.69, 9.17) is 17.3 Å². The zero-order valence-corrected chi connectivity index (χ0v) is 23.7. The number of benzene rings is 2. The topological polar surface area (TPSA) is 138 Å². The van der Waals surface area contributed by atoms with Gasteiger partial charge in [0, 0.05) is 48.3 Å². The van der Waals surface area contributed by atoms with Crippen molar-refractivity contribution in [1.29, 1.82) is 0 Å². The molecule has 2 amide bonds. The molecule has 0 atom stereocenters. The van der Waals surface area contributed by atoms with Crippen molar-refractivity contribution < 1.29 is 9.59 Å². The second-order valence-corrected chi connectivity index (χ2v) is 11.1. The van der Waals surface area contributed by atoms with Gasteiger partial charge >= 0.3 is 0 Å². The maximum Gasteiger partial charge on any atom is 0.253 e. The van der Waals surface area contributed by atoms with E-state index in [1.807, 2.05) is 35.4 Å². The number of aryl methyl sites for hydroxylation is 2. The molecule has 1 saturated heterocycles. The summed E-state index contributed by atoms with van der Waals surface area (Å²) in [7, 11) is 0. The molecule has 4 heterocycles. The first-order valence-corrected chi connectivity index (χ1v) is 14.4. The van der Waals surface area contributed by atoms with Crippen LogP contribution in [-0.4, -0.2) is 44.8 Å². The Morgan fingerprint density at radius 1 is 1.00 bits per heavy atom. The maximum absolute atomic E-state index is 13.2. The number of rotatable bonds is 4. The summed E-state index contributed by atoms with van der Waals surface area (Å²) in [5, 5.41) is 10.0. The van der Waals surface area contributed by atoms with Crippen molar-refractivity contribution in [2.24, 2.45) is 5.92 Å². The standard InChI is InChI=1S/C31H31ClN8O2/c32-26-18-35-31-37-25-12-20(16-34-17-25)4-5-21-15-24(36-29(26)39-31)6-7-27(21)38-28(41)13-19-8-10-40(11-9-19)30(42)22-2-1-3-23(33)14-22/h1-3,6-7,12,14-19H,4-5,8-11,13,33H2,(H,38,41)(H2,35,36,37,39). The van der Waals surface area contributed by atoms with Gasteiger partial charge in [-0.2, -0.15) is 4.98 Å². The largest absolute Gasteiger partial charge is 0.399 e. The van der Waals surface area contributed by atoms with Crippen LogP contribution in [0.2, 0.25) is 5.02 Å². The van der Waals surface area contributed by atoms with Crippen LogP contribution in [-0.2, 0) is 17.6 Å². The number of nitrogen functional groups attached to an aromatic ring is 1. The number of nitrogens with two attached hydrogens (primary N) is 1. The number of nitrogens with one attached hydrogen (secondary N) is 3. The summed E-state index contributed by atoms with van der Waals surface area (Å²) in [5.41, 5.74) is 11.4. The van der Waals surface area contributed by atoms with Crippen molar-refractivity contribution in [2.45, 2.75) is 32.1 Å². The zero-order chi connectivity index (χ0) is 29.1. The van der Waals surface area contributed by atoms with E-state index in [-0.39, 0.29) is 17.7 Å². The first-order valence-electron chi connectivity index (χ1n) is 14.0. The molecule has 11 heteroatoms.